The summed E-state index contributed by atoms with van der Waals surface area (Å²) in [7, 11) is -3.12. The van der Waals surface area contributed by atoms with Crippen molar-refractivity contribution in [3.05, 3.63) is 16.8 Å². The molecule has 1 fully saturated rings. The van der Waals surface area contributed by atoms with Gasteiger partial charge in [0.1, 0.15) is 17.0 Å². The van der Waals surface area contributed by atoms with E-state index in [-0.39, 0.29) is 0 Å². The van der Waals surface area contributed by atoms with Crippen molar-refractivity contribution in [2.45, 2.75) is 32.1 Å². The summed E-state index contributed by atoms with van der Waals surface area (Å²) in [5.74, 6) is 0.995. The van der Waals surface area contributed by atoms with Crippen LogP contribution in [0.2, 0.25) is 0 Å². The Morgan fingerprint density at radius 2 is 1.88 bits per heavy atom. The Hall–Kier alpha value is -1.25. The topological polar surface area (TPSA) is 66.4 Å². The van der Waals surface area contributed by atoms with Crippen molar-refractivity contribution >= 4 is 37.4 Å². The van der Waals surface area contributed by atoms with E-state index in [1.807, 2.05) is 0 Å². The van der Waals surface area contributed by atoms with Crippen molar-refractivity contribution in [1.29, 1.82) is 0 Å². The molecule has 3 heterocycles. The van der Waals surface area contributed by atoms with Crippen molar-refractivity contribution in [3.8, 4) is 0 Å². The number of rotatable bonds is 2. The summed E-state index contributed by atoms with van der Waals surface area (Å²) in [6.07, 6.45) is 8.52. The smallest absolute Gasteiger partial charge is 0.211 e. The van der Waals surface area contributed by atoms with Crippen LogP contribution in [0.5, 0.6) is 0 Å². The second-order valence-corrected chi connectivity index (χ2v) is 9.66. The third-order valence-electron chi connectivity index (χ3n) is 4.95. The summed E-state index contributed by atoms with van der Waals surface area (Å²) >= 11 is 1.80. The van der Waals surface area contributed by atoms with Crippen LogP contribution in [0.4, 0.5) is 5.82 Å². The molecule has 1 saturated heterocycles. The lowest BCUT2D eigenvalue weighted by atomic mass is 9.97. The molecule has 0 saturated carbocycles. The molecule has 0 amide bonds. The summed E-state index contributed by atoms with van der Waals surface area (Å²) in [6.45, 7) is 2.63. The first-order valence-corrected chi connectivity index (χ1v) is 11.2. The fourth-order valence-corrected chi connectivity index (χ4v) is 5.85. The minimum atomic E-state index is -3.12. The van der Waals surface area contributed by atoms with Crippen molar-refractivity contribution in [3.63, 3.8) is 0 Å². The standard InChI is InChI=1S/C16H22N4O2S2/c1-24(21,22)20-8-4-7-19(9-10-20)15-14-12-5-2-3-6-13(12)23-16(14)18-11-17-15/h11H,2-10H2,1H3. The molecule has 0 aromatic carbocycles. The Bertz CT molecular complexity index is 862. The number of sulfonamides is 1. The minimum absolute atomic E-state index is 0.524. The van der Waals surface area contributed by atoms with Gasteiger partial charge in [-0.25, -0.2) is 22.7 Å². The molecule has 0 N–H and O–H groups in total. The molecule has 1 aliphatic heterocycles. The normalized spacial score (nSPS) is 20.1. The van der Waals surface area contributed by atoms with E-state index in [2.05, 4.69) is 14.9 Å². The third-order valence-corrected chi connectivity index (χ3v) is 7.46. The zero-order chi connectivity index (χ0) is 16.7. The number of aromatic nitrogens is 2. The first-order valence-electron chi connectivity index (χ1n) is 8.49. The molecule has 2 aromatic rings. The fourth-order valence-electron chi connectivity index (χ4n) is 3.75. The predicted molar refractivity (Wildman–Crippen MR) is 97.3 cm³/mol. The molecule has 0 radical (unpaired) electrons. The zero-order valence-electron chi connectivity index (χ0n) is 13.9. The van der Waals surface area contributed by atoms with E-state index in [1.165, 1.54) is 34.9 Å². The van der Waals surface area contributed by atoms with Crippen LogP contribution in [0.15, 0.2) is 6.33 Å². The molecule has 2 aliphatic rings. The van der Waals surface area contributed by atoms with Crippen LogP contribution in [0.1, 0.15) is 29.7 Å². The maximum Gasteiger partial charge on any atom is 0.211 e. The quantitative estimate of drug-likeness (QED) is 0.814. The van der Waals surface area contributed by atoms with Gasteiger partial charge in [-0.3, -0.25) is 0 Å². The lowest BCUT2D eigenvalue weighted by molar-refractivity contribution is 0.437. The second kappa shape index (κ2) is 6.24. The second-order valence-electron chi connectivity index (χ2n) is 6.59. The van der Waals surface area contributed by atoms with Crippen LogP contribution in [0.25, 0.3) is 10.2 Å². The number of nitrogens with zero attached hydrogens (tertiary/aromatic N) is 4. The molecule has 0 unspecified atom stereocenters. The Kier molecular flexibility index (Phi) is 4.22. The highest BCUT2D eigenvalue weighted by Gasteiger charge is 2.26. The van der Waals surface area contributed by atoms with E-state index in [9.17, 15) is 8.42 Å². The van der Waals surface area contributed by atoms with E-state index in [0.29, 0.717) is 19.6 Å². The highest BCUT2D eigenvalue weighted by atomic mass is 32.2. The summed E-state index contributed by atoms with van der Waals surface area (Å²) in [5, 5.41) is 1.21. The summed E-state index contributed by atoms with van der Waals surface area (Å²) in [4.78, 5) is 13.9. The molecule has 0 atom stereocenters. The van der Waals surface area contributed by atoms with E-state index in [0.717, 1.165) is 36.5 Å². The molecule has 24 heavy (non-hydrogen) atoms. The van der Waals surface area contributed by atoms with Gasteiger partial charge >= 0.3 is 0 Å². The van der Waals surface area contributed by atoms with Crippen LogP contribution in [-0.2, 0) is 22.9 Å². The van der Waals surface area contributed by atoms with Crippen molar-refractivity contribution in [1.82, 2.24) is 14.3 Å². The maximum atomic E-state index is 11.8. The van der Waals surface area contributed by atoms with E-state index in [4.69, 9.17) is 0 Å². The van der Waals surface area contributed by atoms with E-state index in [1.54, 1.807) is 22.0 Å². The molecule has 0 spiro atoms. The van der Waals surface area contributed by atoms with Crippen LogP contribution in [0.3, 0.4) is 0 Å². The van der Waals surface area contributed by atoms with Gasteiger partial charge in [-0.05, 0) is 37.7 Å². The summed E-state index contributed by atoms with van der Waals surface area (Å²) < 4.78 is 25.2. The highest BCUT2D eigenvalue weighted by Crippen LogP contribution is 2.39. The van der Waals surface area contributed by atoms with Crippen LogP contribution < -0.4 is 4.90 Å². The third kappa shape index (κ3) is 2.91. The highest BCUT2D eigenvalue weighted by molar-refractivity contribution is 7.88. The lowest BCUT2D eigenvalue weighted by Crippen LogP contribution is -2.34. The first kappa shape index (κ1) is 16.2. The Morgan fingerprint density at radius 3 is 2.71 bits per heavy atom. The number of thiophene rings is 1. The van der Waals surface area contributed by atoms with E-state index >= 15 is 0 Å². The molecule has 2 aromatic heterocycles. The van der Waals surface area contributed by atoms with Crippen molar-refractivity contribution in [2.24, 2.45) is 0 Å². The van der Waals surface area contributed by atoms with Crippen molar-refractivity contribution in [2.75, 3.05) is 37.3 Å². The van der Waals surface area contributed by atoms with Crippen LogP contribution in [0, 0.1) is 0 Å². The number of fused-ring (bicyclic) bond motifs is 3. The summed E-state index contributed by atoms with van der Waals surface area (Å²) in [6, 6.07) is 0. The largest absolute Gasteiger partial charge is 0.355 e. The van der Waals surface area contributed by atoms with Crippen molar-refractivity contribution < 1.29 is 8.42 Å². The van der Waals surface area contributed by atoms with E-state index < -0.39 is 10.0 Å². The molecule has 6 nitrogen and oxygen atoms in total. The number of hydrogen-bond acceptors (Lipinski definition) is 6. The monoisotopic (exact) mass is 366 g/mol. The number of aryl methyl sites for hydroxylation is 2. The molecule has 0 bridgehead atoms. The fraction of sp³-hybridized carbons (Fsp3) is 0.625. The van der Waals surface area contributed by atoms with Gasteiger partial charge in [-0.1, -0.05) is 0 Å². The Balaban J connectivity index is 1.70. The SMILES string of the molecule is CS(=O)(=O)N1CCCN(c2ncnc3sc4c(c23)CCCC4)CC1. The van der Waals surface area contributed by atoms with Gasteiger partial charge in [0.15, 0.2) is 0 Å². The minimum Gasteiger partial charge on any atom is -0.355 e. The van der Waals surface area contributed by atoms with Gasteiger partial charge in [0, 0.05) is 31.1 Å². The number of anilines is 1. The van der Waals surface area contributed by atoms with Gasteiger partial charge in [0.25, 0.3) is 0 Å². The van der Waals surface area contributed by atoms with Gasteiger partial charge in [-0.15, -0.1) is 11.3 Å². The Morgan fingerprint density at radius 1 is 1.04 bits per heavy atom. The van der Waals surface area contributed by atoms with Gasteiger partial charge in [-0.2, -0.15) is 0 Å². The Labute approximate surface area is 146 Å². The van der Waals surface area contributed by atoms with Crippen LogP contribution in [-0.4, -0.2) is 55.1 Å². The van der Waals surface area contributed by atoms with Crippen LogP contribution >= 0.6 is 11.3 Å². The number of hydrogen-bond donors (Lipinski definition) is 0. The van der Waals surface area contributed by atoms with Gasteiger partial charge in [0.2, 0.25) is 10.0 Å². The molecule has 130 valence electrons. The molecule has 8 heteroatoms. The predicted octanol–water partition coefficient (Wildman–Crippen LogP) is 2.04. The summed E-state index contributed by atoms with van der Waals surface area (Å²) in [5.41, 5.74) is 1.43. The molecule has 4 rings (SSSR count). The maximum absolute atomic E-state index is 11.8. The average molecular weight is 367 g/mol. The molecule has 1 aliphatic carbocycles. The average Bonchev–Trinajstić information content (AvgIpc) is 2.75. The molecular weight excluding hydrogens is 344 g/mol. The lowest BCUT2D eigenvalue weighted by Gasteiger charge is -2.23. The first-order chi connectivity index (χ1) is 11.5. The van der Waals surface area contributed by atoms with Gasteiger partial charge in [0.05, 0.1) is 11.6 Å². The van der Waals surface area contributed by atoms with Gasteiger partial charge < -0.3 is 4.90 Å². The molecular formula is C16H22N4O2S2. The zero-order valence-corrected chi connectivity index (χ0v) is 15.5.